The Morgan fingerprint density at radius 2 is 1.38 bits per heavy atom. The van der Waals surface area contributed by atoms with Gasteiger partial charge in [-0.3, -0.25) is 4.79 Å². The Morgan fingerprint density at radius 1 is 0.828 bits per heavy atom. The number of nitrogens with one attached hydrogen (secondary N) is 1. The third-order valence-corrected chi connectivity index (χ3v) is 4.59. The van der Waals surface area contributed by atoms with Gasteiger partial charge in [-0.2, -0.15) is 0 Å². The second-order valence-corrected chi connectivity index (χ2v) is 6.37. The van der Waals surface area contributed by atoms with Gasteiger partial charge in [0.25, 0.3) is 5.91 Å². The first kappa shape index (κ1) is 20.2. The van der Waals surface area contributed by atoms with Crippen LogP contribution in [0.2, 0.25) is 0 Å². The lowest BCUT2D eigenvalue weighted by Gasteiger charge is -2.27. The minimum Gasteiger partial charge on any atom is -0.467 e. The minimum absolute atomic E-state index is 0.487. The van der Waals surface area contributed by atoms with Gasteiger partial charge >= 0.3 is 5.97 Å². The fourth-order valence-corrected chi connectivity index (χ4v) is 3.20. The van der Waals surface area contributed by atoms with Crippen molar-refractivity contribution in [2.24, 2.45) is 0 Å². The Labute approximate surface area is 167 Å². The molecule has 29 heavy (non-hydrogen) atoms. The number of hydrogen-bond donors (Lipinski definition) is 1. The summed E-state index contributed by atoms with van der Waals surface area (Å²) in [5.74, 6) is -4.62. The van der Waals surface area contributed by atoms with Crippen LogP contribution in [0.1, 0.15) is 27.4 Å². The van der Waals surface area contributed by atoms with Gasteiger partial charge in [0, 0.05) is 5.92 Å². The van der Waals surface area contributed by atoms with Crippen LogP contribution in [0.25, 0.3) is 0 Å². The van der Waals surface area contributed by atoms with Crippen LogP contribution in [-0.2, 0) is 9.53 Å². The predicted octanol–water partition coefficient (Wildman–Crippen LogP) is 4.07. The number of halogens is 2. The van der Waals surface area contributed by atoms with E-state index < -0.39 is 41.0 Å². The van der Waals surface area contributed by atoms with Crippen LogP contribution in [0.3, 0.4) is 0 Å². The smallest absolute Gasteiger partial charge is 0.329 e. The maximum absolute atomic E-state index is 14.1. The van der Waals surface area contributed by atoms with Crippen molar-refractivity contribution in [3.63, 3.8) is 0 Å². The van der Waals surface area contributed by atoms with Gasteiger partial charge in [0.15, 0.2) is 11.6 Å². The summed E-state index contributed by atoms with van der Waals surface area (Å²) >= 11 is 0. The van der Waals surface area contributed by atoms with Gasteiger partial charge < -0.3 is 10.1 Å². The van der Waals surface area contributed by atoms with Gasteiger partial charge in [0.05, 0.1) is 12.7 Å². The zero-order chi connectivity index (χ0) is 20.8. The molecule has 0 unspecified atom stereocenters. The molecule has 0 saturated carbocycles. The van der Waals surface area contributed by atoms with Crippen LogP contribution < -0.4 is 5.32 Å². The molecule has 1 atom stereocenters. The zero-order valence-electron chi connectivity index (χ0n) is 15.6. The highest BCUT2D eigenvalue weighted by Gasteiger charge is 2.34. The van der Waals surface area contributed by atoms with E-state index in [9.17, 15) is 18.4 Å². The fraction of sp³-hybridized carbons (Fsp3) is 0.130. The third kappa shape index (κ3) is 4.48. The lowest BCUT2D eigenvalue weighted by atomic mass is 9.84. The molecule has 6 heteroatoms. The Bertz CT molecular complexity index is 954. The number of rotatable bonds is 6. The number of carbonyl (C=O) groups is 2. The molecule has 1 N–H and O–H groups in total. The third-order valence-electron chi connectivity index (χ3n) is 4.59. The van der Waals surface area contributed by atoms with Crippen LogP contribution in [0.5, 0.6) is 0 Å². The van der Waals surface area contributed by atoms with Gasteiger partial charge in [-0.1, -0.05) is 66.7 Å². The SMILES string of the molecule is COC(=O)[C@@H](NC(=O)c1cccc(F)c1F)C(c1ccccc1)c1ccccc1. The van der Waals surface area contributed by atoms with E-state index in [4.69, 9.17) is 4.74 Å². The van der Waals surface area contributed by atoms with Gasteiger partial charge in [0.2, 0.25) is 0 Å². The summed E-state index contributed by atoms with van der Waals surface area (Å²) < 4.78 is 32.5. The highest BCUT2D eigenvalue weighted by Crippen LogP contribution is 2.29. The van der Waals surface area contributed by atoms with Gasteiger partial charge in [-0.25, -0.2) is 13.6 Å². The monoisotopic (exact) mass is 395 g/mol. The van der Waals surface area contributed by atoms with E-state index in [0.29, 0.717) is 0 Å². The van der Waals surface area contributed by atoms with E-state index in [1.165, 1.54) is 13.2 Å². The molecule has 0 heterocycles. The summed E-state index contributed by atoms with van der Waals surface area (Å²) in [5, 5.41) is 2.53. The second-order valence-electron chi connectivity index (χ2n) is 6.37. The van der Waals surface area contributed by atoms with Crippen LogP contribution in [0.4, 0.5) is 8.78 Å². The molecule has 0 aliphatic rings. The predicted molar refractivity (Wildman–Crippen MR) is 104 cm³/mol. The summed E-state index contributed by atoms with van der Waals surface area (Å²) in [7, 11) is 1.21. The average molecular weight is 395 g/mol. The first-order chi connectivity index (χ1) is 14.0. The highest BCUT2D eigenvalue weighted by molar-refractivity contribution is 5.97. The Hall–Kier alpha value is -3.54. The number of carbonyl (C=O) groups excluding carboxylic acids is 2. The van der Waals surface area contributed by atoms with E-state index in [1.807, 2.05) is 60.7 Å². The molecular weight excluding hydrogens is 376 g/mol. The number of amides is 1. The average Bonchev–Trinajstić information content (AvgIpc) is 2.76. The normalized spacial score (nSPS) is 11.7. The van der Waals surface area contributed by atoms with Crippen molar-refractivity contribution in [2.45, 2.75) is 12.0 Å². The van der Waals surface area contributed by atoms with E-state index >= 15 is 0 Å². The van der Waals surface area contributed by atoms with Crippen LogP contribution in [0.15, 0.2) is 78.9 Å². The summed E-state index contributed by atoms with van der Waals surface area (Å²) in [6.45, 7) is 0. The molecule has 0 spiro atoms. The first-order valence-corrected chi connectivity index (χ1v) is 8.95. The van der Waals surface area contributed by atoms with Crippen LogP contribution in [-0.4, -0.2) is 25.0 Å². The number of esters is 1. The maximum atomic E-state index is 14.1. The van der Waals surface area contributed by atoms with E-state index in [0.717, 1.165) is 23.3 Å². The molecule has 0 fully saturated rings. The Balaban J connectivity index is 2.04. The number of methoxy groups -OCH3 is 1. The van der Waals surface area contributed by atoms with Crippen molar-refractivity contribution in [3.05, 3.63) is 107 Å². The largest absolute Gasteiger partial charge is 0.467 e. The topological polar surface area (TPSA) is 55.4 Å². The lowest BCUT2D eigenvalue weighted by molar-refractivity contribution is -0.143. The molecule has 3 rings (SSSR count). The van der Waals surface area contributed by atoms with Crippen LogP contribution in [0, 0.1) is 11.6 Å². The molecule has 0 aliphatic carbocycles. The van der Waals surface area contributed by atoms with Crippen molar-refractivity contribution in [3.8, 4) is 0 Å². The summed E-state index contributed by atoms with van der Waals surface area (Å²) in [4.78, 5) is 25.3. The van der Waals surface area contributed by atoms with E-state index in [1.54, 1.807) is 0 Å². The minimum atomic E-state index is -1.27. The van der Waals surface area contributed by atoms with Crippen molar-refractivity contribution in [1.82, 2.24) is 5.32 Å². The molecule has 0 radical (unpaired) electrons. The lowest BCUT2D eigenvalue weighted by Crippen LogP contribution is -2.46. The number of ether oxygens (including phenoxy) is 1. The van der Waals surface area contributed by atoms with Crippen molar-refractivity contribution >= 4 is 11.9 Å². The van der Waals surface area contributed by atoms with Gasteiger partial charge in [-0.15, -0.1) is 0 Å². The summed E-state index contributed by atoms with van der Waals surface area (Å²) in [6.07, 6.45) is 0. The molecule has 148 valence electrons. The molecule has 0 saturated heterocycles. The molecule has 0 bridgehead atoms. The molecular formula is C23H19F2NO3. The van der Waals surface area contributed by atoms with E-state index in [2.05, 4.69) is 5.32 Å². The van der Waals surface area contributed by atoms with Gasteiger partial charge in [-0.05, 0) is 23.3 Å². The fourth-order valence-electron chi connectivity index (χ4n) is 3.20. The first-order valence-electron chi connectivity index (χ1n) is 8.95. The quantitative estimate of drug-likeness (QED) is 0.640. The standard InChI is InChI=1S/C23H19F2NO3/c1-29-23(28)21(26-22(27)17-13-8-14-18(24)20(17)25)19(15-9-4-2-5-10-15)16-11-6-3-7-12-16/h2-14,19,21H,1H3,(H,26,27)/t21-/m0/s1. The van der Waals surface area contributed by atoms with E-state index in [-0.39, 0.29) is 0 Å². The molecule has 0 aromatic heterocycles. The zero-order valence-corrected chi connectivity index (χ0v) is 15.6. The second kappa shape index (κ2) is 9.10. The van der Waals surface area contributed by atoms with Gasteiger partial charge in [0.1, 0.15) is 6.04 Å². The Kier molecular flexibility index (Phi) is 6.34. The molecule has 0 aliphatic heterocycles. The Morgan fingerprint density at radius 3 is 1.90 bits per heavy atom. The highest BCUT2D eigenvalue weighted by atomic mass is 19.2. The molecule has 3 aromatic carbocycles. The van der Waals surface area contributed by atoms with Crippen molar-refractivity contribution in [2.75, 3.05) is 7.11 Å². The summed E-state index contributed by atoms with van der Waals surface area (Å²) in [6, 6.07) is 20.4. The van der Waals surface area contributed by atoms with Crippen molar-refractivity contribution in [1.29, 1.82) is 0 Å². The van der Waals surface area contributed by atoms with Crippen molar-refractivity contribution < 1.29 is 23.1 Å². The molecule has 4 nitrogen and oxygen atoms in total. The number of hydrogen-bond acceptors (Lipinski definition) is 3. The number of benzene rings is 3. The summed E-state index contributed by atoms with van der Waals surface area (Å²) in [5.41, 5.74) is 1.03. The maximum Gasteiger partial charge on any atom is 0.329 e. The molecule has 1 amide bonds. The molecule has 3 aromatic rings. The van der Waals surface area contributed by atoms with Crippen LogP contribution >= 0.6 is 0 Å².